The molecule has 1 unspecified atom stereocenters. The van der Waals surface area contributed by atoms with Crippen molar-refractivity contribution < 1.29 is 13.2 Å². The number of hydrogen-bond donors (Lipinski definition) is 1. The minimum atomic E-state index is -3.74. The number of amides is 1. The fourth-order valence-electron chi connectivity index (χ4n) is 2.30. The second-order valence-corrected chi connectivity index (χ2v) is 8.40. The summed E-state index contributed by atoms with van der Waals surface area (Å²) in [6.45, 7) is 3.58. The van der Waals surface area contributed by atoms with Gasteiger partial charge in [0.1, 0.15) is 0 Å². The Morgan fingerprint density at radius 3 is 2.24 bits per heavy atom. The first-order chi connectivity index (χ1) is 11.7. The average Bonchev–Trinajstić information content (AvgIpc) is 2.55. The molecule has 0 saturated carbocycles. The van der Waals surface area contributed by atoms with Gasteiger partial charge in [-0.05, 0) is 43.7 Å². The molecule has 1 atom stereocenters. The SMILES string of the molecule is Cc1ccc(C(C)NC(=O)CN(C)S(=O)(=O)c2ccc(Cl)cc2)cc1. The second kappa shape index (κ2) is 7.99. The lowest BCUT2D eigenvalue weighted by molar-refractivity contribution is -0.121. The first-order valence-corrected chi connectivity index (χ1v) is 9.60. The second-order valence-electron chi connectivity index (χ2n) is 5.91. The molecule has 2 aromatic carbocycles. The molecular weight excluding hydrogens is 360 g/mol. The molecule has 0 aliphatic rings. The van der Waals surface area contributed by atoms with Crippen molar-refractivity contribution in [3.8, 4) is 0 Å². The van der Waals surface area contributed by atoms with Crippen LogP contribution >= 0.6 is 11.6 Å². The summed E-state index contributed by atoms with van der Waals surface area (Å²) < 4.78 is 26.0. The Hall–Kier alpha value is -1.89. The number of sulfonamides is 1. The number of nitrogens with one attached hydrogen (secondary N) is 1. The van der Waals surface area contributed by atoms with Gasteiger partial charge < -0.3 is 5.32 Å². The topological polar surface area (TPSA) is 66.5 Å². The van der Waals surface area contributed by atoms with Crippen LogP contribution in [0.5, 0.6) is 0 Å². The smallest absolute Gasteiger partial charge is 0.243 e. The summed E-state index contributed by atoms with van der Waals surface area (Å²) in [5, 5.41) is 3.26. The van der Waals surface area contributed by atoms with Crippen LogP contribution < -0.4 is 5.32 Å². The molecule has 1 N–H and O–H groups in total. The number of halogens is 1. The van der Waals surface area contributed by atoms with Crippen molar-refractivity contribution in [1.82, 2.24) is 9.62 Å². The fourth-order valence-corrected chi connectivity index (χ4v) is 3.55. The summed E-state index contributed by atoms with van der Waals surface area (Å²) in [5.41, 5.74) is 2.10. The van der Waals surface area contributed by atoms with Gasteiger partial charge in [-0.2, -0.15) is 4.31 Å². The van der Waals surface area contributed by atoms with E-state index in [2.05, 4.69) is 5.32 Å². The minimum absolute atomic E-state index is 0.0961. The van der Waals surface area contributed by atoms with Crippen LogP contribution in [0.25, 0.3) is 0 Å². The summed E-state index contributed by atoms with van der Waals surface area (Å²) in [6, 6.07) is 13.4. The van der Waals surface area contributed by atoms with E-state index in [1.54, 1.807) is 0 Å². The fraction of sp³-hybridized carbons (Fsp3) is 0.278. The van der Waals surface area contributed by atoms with Crippen molar-refractivity contribution in [2.75, 3.05) is 13.6 Å². The molecule has 2 rings (SSSR count). The number of hydrogen-bond acceptors (Lipinski definition) is 3. The van der Waals surface area contributed by atoms with Crippen LogP contribution in [0, 0.1) is 6.92 Å². The monoisotopic (exact) mass is 380 g/mol. The zero-order chi connectivity index (χ0) is 18.6. The van der Waals surface area contributed by atoms with Crippen molar-refractivity contribution >= 4 is 27.5 Å². The largest absolute Gasteiger partial charge is 0.348 e. The van der Waals surface area contributed by atoms with Crippen LogP contribution in [-0.4, -0.2) is 32.2 Å². The van der Waals surface area contributed by atoms with Gasteiger partial charge in [-0.1, -0.05) is 41.4 Å². The van der Waals surface area contributed by atoms with Gasteiger partial charge in [-0.25, -0.2) is 8.42 Å². The maximum Gasteiger partial charge on any atom is 0.243 e. The first kappa shape index (κ1) is 19.4. The van der Waals surface area contributed by atoms with E-state index in [-0.39, 0.29) is 23.4 Å². The Kier molecular flexibility index (Phi) is 6.21. The Bertz CT molecular complexity index is 834. The van der Waals surface area contributed by atoms with Gasteiger partial charge in [0.05, 0.1) is 17.5 Å². The predicted molar refractivity (Wildman–Crippen MR) is 99.0 cm³/mol. The highest BCUT2D eigenvalue weighted by atomic mass is 35.5. The number of carbonyl (C=O) groups excluding carboxylic acids is 1. The van der Waals surface area contributed by atoms with Gasteiger partial charge in [-0.15, -0.1) is 0 Å². The molecule has 1 amide bonds. The van der Waals surface area contributed by atoms with E-state index in [1.165, 1.54) is 31.3 Å². The summed E-state index contributed by atoms with van der Waals surface area (Å²) >= 11 is 5.78. The number of likely N-dealkylation sites (N-methyl/N-ethyl adjacent to an activating group) is 1. The molecule has 0 saturated heterocycles. The highest BCUT2D eigenvalue weighted by Gasteiger charge is 2.23. The number of nitrogens with zero attached hydrogens (tertiary/aromatic N) is 1. The van der Waals surface area contributed by atoms with Crippen LogP contribution in [0.4, 0.5) is 0 Å². The zero-order valence-electron chi connectivity index (χ0n) is 14.4. The molecule has 0 bridgehead atoms. The van der Waals surface area contributed by atoms with E-state index in [9.17, 15) is 13.2 Å². The van der Waals surface area contributed by atoms with Gasteiger partial charge in [0.15, 0.2) is 0 Å². The molecule has 0 aliphatic heterocycles. The van der Waals surface area contributed by atoms with Crippen molar-refractivity contribution in [1.29, 1.82) is 0 Å². The lowest BCUT2D eigenvalue weighted by Crippen LogP contribution is -2.39. The molecule has 0 aliphatic carbocycles. The van der Waals surface area contributed by atoms with Gasteiger partial charge in [-0.3, -0.25) is 4.79 Å². The minimum Gasteiger partial charge on any atom is -0.348 e. The van der Waals surface area contributed by atoms with Crippen LogP contribution in [0.3, 0.4) is 0 Å². The molecule has 134 valence electrons. The van der Waals surface area contributed by atoms with Gasteiger partial charge in [0, 0.05) is 12.1 Å². The molecule has 7 heteroatoms. The number of carbonyl (C=O) groups is 1. The third-order valence-corrected chi connectivity index (χ3v) is 5.91. The van der Waals surface area contributed by atoms with Crippen LogP contribution in [0.2, 0.25) is 5.02 Å². The normalized spacial score (nSPS) is 12.8. The van der Waals surface area contributed by atoms with Gasteiger partial charge >= 0.3 is 0 Å². The Balaban J connectivity index is 2.01. The molecule has 0 radical (unpaired) electrons. The van der Waals surface area contributed by atoms with Crippen molar-refractivity contribution in [3.63, 3.8) is 0 Å². The van der Waals surface area contributed by atoms with Gasteiger partial charge in [0.25, 0.3) is 0 Å². The summed E-state index contributed by atoms with van der Waals surface area (Å²) in [6.07, 6.45) is 0. The maximum atomic E-state index is 12.5. The number of rotatable bonds is 6. The molecule has 0 fully saturated rings. The first-order valence-electron chi connectivity index (χ1n) is 7.78. The molecular formula is C18H21ClN2O3S. The van der Waals surface area contributed by atoms with E-state index in [0.29, 0.717) is 5.02 Å². The molecule has 2 aromatic rings. The lowest BCUT2D eigenvalue weighted by atomic mass is 10.1. The Labute approximate surface area is 153 Å². The third kappa shape index (κ3) is 5.04. The van der Waals surface area contributed by atoms with E-state index in [4.69, 9.17) is 11.6 Å². The van der Waals surface area contributed by atoms with E-state index >= 15 is 0 Å². The molecule has 0 heterocycles. The van der Waals surface area contributed by atoms with Crippen LogP contribution in [0.15, 0.2) is 53.4 Å². The molecule has 25 heavy (non-hydrogen) atoms. The van der Waals surface area contributed by atoms with E-state index in [0.717, 1.165) is 15.4 Å². The van der Waals surface area contributed by atoms with Crippen LogP contribution in [0.1, 0.15) is 24.1 Å². The predicted octanol–water partition coefficient (Wildman–Crippen LogP) is 3.15. The zero-order valence-corrected chi connectivity index (χ0v) is 15.9. The standard InChI is InChI=1S/C18H21ClN2O3S/c1-13-4-6-15(7-5-13)14(2)20-18(22)12-21(3)25(23,24)17-10-8-16(19)9-11-17/h4-11,14H,12H2,1-3H3,(H,20,22). The van der Waals surface area contributed by atoms with E-state index < -0.39 is 10.0 Å². The summed E-state index contributed by atoms with van der Waals surface area (Å²) in [5.74, 6) is -0.367. The lowest BCUT2D eigenvalue weighted by Gasteiger charge is -2.19. The summed E-state index contributed by atoms with van der Waals surface area (Å²) in [7, 11) is -2.37. The van der Waals surface area contributed by atoms with Gasteiger partial charge in [0.2, 0.25) is 15.9 Å². The van der Waals surface area contributed by atoms with Crippen molar-refractivity contribution in [2.45, 2.75) is 24.8 Å². The highest BCUT2D eigenvalue weighted by molar-refractivity contribution is 7.89. The molecule has 0 aromatic heterocycles. The quantitative estimate of drug-likeness (QED) is 0.837. The maximum absolute atomic E-state index is 12.5. The van der Waals surface area contributed by atoms with Crippen molar-refractivity contribution in [3.05, 3.63) is 64.7 Å². The molecule has 0 spiro atoms. The molecule has 5 nitrogen and oxygen atoms in total. The highest BCUT2D eigenvalue weighted by Crippen LogP contribution is 2.18. The third-order valence-electron chi connectivity index (χ3n) is 3.84. The number of benzene rings is 2. The Morgan fingerprint density at radius 2 is 1.68 bits per heavy atom. The summed E-state index contributed by atoms with van der Waals surface area (Å²) in [4.78, 5) is 12.3. The Morgan fingerprint density at radius 1 is 1.12 bits per heavy atom. The number of aryl methyl sites for hydroxylation is 1. The average molecular weight is 381 g/mol. The van der Waals surface area contributed by atoms with Crippen molar-refractivity contribution in [2.24, 2.45) is 0 Å². The van der Waals surface area contributed by atoms with Crippen LogP contribution in [-0.2, 0) is 14.8 Å². The van der Waals surface area contributed by atoms with E-state index in [1.807, 2.05) is 38.1 Å².